The lowest BCUT2D eigenvalue weighted by atomic mass is 10.1. The fourth-order valence-corrected chi connectivity index (χ4v) is 2.35. The van der Waals surface area contributed by atoms with Gasteiger partial charge in [0.15, 0.2) is 5.82 Å². The number of nitrogens with zero attached hydrogens (tertiary/aromatic N) is 3. The zero-order valence-corrected chi connectivity index (χ0v) is 12.9. The van der Waals surface area contributed by atoms with Crippen molar-refractivity contribution in [3.8, 4) is 0 Å². The predicted octanol–water partition coefficient (Wildman–Crippen LogP) is 1.88. The Morgan fingerprint density at radius 3 is 2.95 bits per heavy atom. The number of benzene rings is 1. The molecule has 20 heavy (non-hydrogen) atoms. The van der Waals surface area contributed by atoms with Crippen LogP contribution < -0.4 is 11.1 Å². The molecule has 0 aliphatic rings. The highest BCUT2D eigenvalue weighted by Crippen LogP contribution is 2.22. The molecule has 0 aliphatic carbocycles. The highest BCUT2D eigenvalue weighted by molar-refractivity contribution is 9.10. The van der Waals surface area contributed by atoms with E-state index in [9.17, 15) is 4.79 Å². The van der Waals surface area contributed by atoms with Gasteiger partial charge in [-0.2, -0.15) is 0 Å². The van der Waals surface area contributed by atoms with Crippen molar-refractivity contribution in [2.45, 2.75) is 26.9 Å². The predicted molar refractivity (Wildman–Crippen MR) is 80.2 cm³/mol. The Morgan fingerprint density at radius 2 is 2.25 bits per heavy atom. The van der Waals surface area contributed by atoms with Crippen LogP contribution in [0.1, 0.15) is 28.7 Å². The van der Waals surface area contributed by atoms with Crippen LogP contribution in [-0.2, 0) is 13.1 Å². The number of nitrogen functional groups attached to an aromatic ring is 1. The van der Waals surface area contributed by atoms with E-state index < -0.39 is 0 Å². The van der Waals surface area contributed by atoms with E-state index in [0.717, 1.165) is 22.4 Å². The molecule has 0 saturated carbocycles. The van der Waals surface area contributed by atoms with Crippen molar-refractivity contribution in [1.29, 1.82) is 0 Å². The van der Waals surface area contributed by atoms with Crippen LogP contribution in [-0.4, -0.2) is 20.7 Å². The molecule has 0 fully saturated rings. The molecule has 106 valence electrons. The Labute approximate surface area is 125 Å². The number of rotatable bonds is 4. The van der Waals surface area contributed by atoms with Crippen molar-refractivity contribution in [2.24, 2.45) is 0 Å². The van der Waals surface area contributed by atoms with Gasteiger partial charge in [-0.3, -0.25) is 4.79 Å². The molecule has 3 N–H and O–H groups in total. The third-order valence-electron chi connectivity index (χ3n) is 3.10. The number of aryl methyl sites for hydroxylation is 1. The second-order valence-electron chi connectivity index (χ2n) is 4.38. The van der Waals surface area contributed by atoms with E-state index in [-0.39, 0.29) is 5.91 Å². The first kappa shape index (κ1) is 14.5. The normalized spacial score (nSPS) is 10.6. The van der Waals surface area contributed by atoms with Crippen molar-refractivity contribution in [3.05, 3.63) is 39.9 Å². The first-order valence-electron chi connectivity index (χ1n) is 6.23. The maximum atomic E-state index is 12.2. The van der Waals surface area contributed by atoms with Crippen LogP contribution >= 0.6 is 15.9 Å². The molecule has 1 aromatic carbocycles. The van der Waals surface area contributed by atoms with Gasteiger partial charge in [-0.1, -0.05) is 15.9 Å². The van der Waals surface area contributed by atoms with Gasteiger partial charge in [-0.25, -0.2) is 0 Å². The Bertz CT molecular complexity index is 638. The number of carbonyl (C=O) groups excluding carboxylic acids is 1. The number of hydrogen-bond donors (Lipinski definition) is 2. The summed E-state index contributed by atoms with van der Waals surface area (Å²) >= 11 is 3.34. The standard InChI is InChI=1S/C13H16BrN5O/c1-3-19-7-17-18-12(19)6-16-13(20)10-4-9(14)5-11(15)8(10)2/h4-5,7H,3,6,15H2,1-2H3,(H,16,20). The fraction of sp³-hybridized carbons (Fsp3) is 0.308. The molecule has 0 bridgehead atoms. The molecular weight excluding hydrogens is 322 g/mol. The summed E-state index contributed by atoms with van der Waals surface area (Å²) in [6.07, 6.45) is 1.64. The lowest BCUT2D eigenvalue weighted by Crippen LogP contribution is -2.25. The van der Waals surface area contributed by atoms with Crippen molar-refractivity contribution in [2.75, 3.05) is 5.73 Å². The largest absolute Gasteiger partial charge is 0.398 e. The number of nitrogens with two attached hydrogens (primary N) is 1. The molecule has 0 radical (unpaired) electrons. The number of halogens is 1. The van der Waals surface area contributed by atoms with E-state index in [2.05, 4.69) is 31.4 Å². The minimum atomic E-state index is -0.179. The number of carbonyl (C=O) groups is 1. The fourth-order valence-electron chi connectivity index (χ4n) is 1.87. The van der Waals surface area contributed by atoms with E-state index in [0.29, 0.717) is 17.8 Å². The molecule has 0 aliphatic heterocycles. The highest BCUT2D eigenvalue weighted by Gasteiger charge is 2.13. The van der Waals surface area contributed by atoms with Gasteiger partial charge >= 0.3 is 0 Å². The highest BCUT2D eigenvalue weighted by atomic mass is 79.9. The van der Waals surface area contributed by atoms with Crippen LogP contribution in [0.25, 0.3) is 0 Å². The Balaban J connectivity index is 2.13. The minimum Gasteiger partial charge on any atom is -0.398 e. The SMILES string of the molecule is CCn1cnnc1CNC(=O)c1cc(Br)cc(N)c1C. The minimum absolute atomic E-state index is 0.179. The molecule has 2 aromatic rings. The van der Waals surface area contributed by atoms with Crippen molar-refractivity contribution in [1.82, 2.24) is 20.1 Å². The smallest absolute Gasteiger partial charge is 0.252 e. The zero-order chi connectivity index (χ0) is 14.7. The zero-order valence-electron chi connectivity index (χ0n) is 11.4. The third-order valence-corrected chi connectivity index (χ3v) is 3.56. The van der Waals surface area contributed by atoms with Crippen LogP contribution in [0.4, 0.5) is 5.69 Å². The number of anilines is 1. The first-order chi connectivity index (χ1) is 9.52. The van der Waals surface area contributed by atoms with Gasteiger partial charge in [0, 0.05) is 22.3 Å². The summed E-state index contributed by atoms with van der Waals surface area (Å²) in [6.45, 7) is 4.92. The molecule has 2 rings (SSSR count). The summed E-state index contributed by atoms with van der Waals surface area (Å²) in [7, 11) is 0. The van der Waals surface area contributed by atoms with Crippen LogP contribution in [0.2, 0.25) is 0 Å². The van der Waals surface area contributed by atoms with E-state index in [1.54, 1.807) is 18.5 Å². The van der Waals surface area contributed by atoms with E-state index in [1.165, 1.54) is 0 Å². The number of nitrogens with one attached hydrogen (secondary N) is 1. The number of hydrogen-bond acceptors (Lipinski definition) is 4. The van der Waals surface area contributed by atoms with Crippen LogP contribution in [0.3, 0.4) is 0 Å². The monoisotopic (exact) mass is 337 g/mol. The second-order valence-corrected chi connectivity index (χ2v) is 5.30. The van der Waals surface area contributed by atoms with Crippen LogP contribution in [0.15, 0.2) is 22.9 Å². The summed E-state index contributed by atoms with van der Waals surface area (Å²) in [4.78, 5) is 12.2. The van der Waals surface area contributed by atoms with Gasteiger partial charge in [-0.15, -0.1) is 10.2 Å². The third kappa shape index (κ3) is 2.98. The molecule has 0 atom stereocenters. The molecular formula is C13H16BrN5O. The van der Waals surface area contributed by atoms with E-state index in [1.807, 2.05) is 18.4 Å². The van der Waals surface area contributed by atoms with Crippen LogP contribution in [0, 0.1) is 6.92 Å². The van der Waals surface area contributed by atoms with Gasteiger partial charge in [-0.05, 0) is 31.5 Å². The molecule has 1 aromatic heterocycles. The quantitative estimate of drug-likeness (QED) is 0.834. The molecule has 0 saturated heterocycles. The Kier molecular flexibility index (Phi) is 4.39. The lowest BCUT2D eigenvalue weighted by Gasteiger charge is -2.10. The average Bonchev–Trinajstić information content (AvgIpc) is 2.87. The Morgan fingerprint density at radius 1 is 1.50 bits per heavy atom. The summed E-state index contributed by atoms with van der Waals surface area (Å²) in [5.41, 5.74) is 7.77. The van der Waals surface area contributed by atoms with E-state index in [4.69, 9.17) is 5.73 Å². The second kappa shape index (κ2) is 6.04. The number of aromatic nitrogens is 3. The summed E-state index contributed by atoms with van der Waals surface area (Å²) < 4.78 is 2.66. The molecule has 0 spiro atoms. The molecule has 1 amide bonds. The Hall–Kier alpha value is -1.89. The maximum absolute atomic E-state index is 12.2. The number of amides is 1. The van der Waals surface area contributed by atoms with Gasteiger partial charge in [0.1, 0.15) is 6.33 Å². The maximum Gasteiger partial charge on any atom is 0.252 e. The van der Waals surface area contributed by atoms with E-state index >= 15 is 0 Å². The summed E-state index contributed by atoms with van der Waals surface area (Å²) in [6, 6.07) is 3.53. The van der Waals surface area contributed by atoms with Gasteiger partial charge in [0.2, 0.25) is 0 Å². The first-order valence-corrected chi connectivity index (χ1v) is 7.02. The summed E-state index contributed by atoms with van der Waals surface area (Å²) in [5.74, 6) is 0.544. The topological polar surface area (TPSA) is 85.8 Å². The van der Waals surface area contributed by atoms with Gasteiger partial charge in [0.25, 0.3) is 5.91 Å². The van der Waals surface area contributed by atoms with Gasteiger partial charge in [0.05, 0.1) is 6.54 Å². The van der Waals surface area contributed by atoms with Crippen molar-refractivity contribution < 1.29 is 4.79 Å². The van der Waals surface area contributed by atoms with Gasteiger partial charge < -0.3 is 15.6 Å². The summed E-state index contributed by atoms with van der Waals surface area (Å²) in [5, 5.41) is 10.6. The lowest BCUT2D eigenvalue weighted by molar-refractivity contribution is 0.0949. The van der Waals surface area contributed by atoms with Crippen LogP contribution in [0.5, 0.6) is 0 Å². The molecule has 6 nitrogen and oxygen atoms in total. The molecule has 0 unspecified atom stereocenters. The molecule has 1 heterocycles. The van der Waals surface area contributed by atoms with Crippen molar-refractivity contribution >= 4 is 27.5 Å². The molecule has 7 heteroatoms. The average molecular weight is 338 g/mol. The van der Waals surface area contributed by atoms with Crippen molar-refractivity contribution in [3.63, 3.8) is 0 Å².